The zero-order valence-electron chi connectivity index (χ0n) is 17.6. The molecule has 0 unspecified atom stereocenters. The van der Waals surface area contributed by atoms with Gasteiger partial charge in [0.15, 0.2) is 11.5 Å². The Labute approximate surface area is 171 Å². The van der Waals surface area contributed by atoms with Gasteiger partial charge in [-0.3, -0.25) is 9.59 Å². The van der Waals surface area contributed by atoms with Crippen LogP contribution >= 0.6 is 0 Å². The first-order chi connectivity index (χ1) is 14.0. The van der Waals surface area contributed by atoms with E-state index in [9.17, 15) is 14.7 Å². The second-order valence-corrected chi connectivity index (χ2v) is 7.16. The molecule has 1 aromatic heterocycles. The van der Waals surface area contributed by atoms with Gasteiger partial charge in [-0.1, -0.05) is 51.9 Å². The van der Waals surface area contributed by atoms with E-state index < -0.39 is 11.5 Å². The van der Waals surface area contributed by atoms with Gasteiger partial charge < -0.3 is 24.9 Å². The molecule has 7 nitrogen and oxygen atoms in total. The lowest BCUT2D eigenvalue weighted by atomic mass is 10.1. The van der Waals surface area contributed by atoms with Crippen LogP contribution in [-0.2, 0) is 0 Å². The summed E-state index contributed by atoms with van der Waals surface area (Å²) in [6.07, 6.45) is 9.31. The number of ether oxygens (including phenoxy) is 2. The Morgan fingerprint density at radius 2 is 1.59 bits per heavy atom. The third-order valence-electron chi connectivity index (χ3n) is 5.03. The molecule has 29 heavy (non-hydrogen) atoms. The molecule has 0 bridgehead atoms. The van der Waals surface area contributed by atoms with Crippen molar-refractivity contribution in [2.24, 2.45) is 0 Å². The number of carbonyl (C=O) groups is 1. The van der Waals surface area contributed by atoms with Crippen molar-refractivity contribution in [2.75, 3.05) is 20.8 Å². The summed E-state index contributed by atoms with van der Waals surface area (Å²) in [6, 6.07) is 3.09. The summed E-state index contributed by atoms with van der Waals surface area (Å²) in [6.45, 7) is 2.67. The quantitative estimate of drug-likeness (QED) is 0.462. The first kappa shape index (κ1) is 22.6. The van der Waals surface area contributed by atoms with Crippen molar-refractivity contribution in [2.45, 2.75) is 58.3 Å². The van der Waals surface area contributed by atoms with Crippen LogP contribution < -0.4 is 20.3 Å². The third kappa shape index (κ3) is 5.89. The fourth-order valence-corrected chi connectivity index (χ4v) is 3.37. The number of hydrogen-bond acceptors (Lipinski definition) is 5. The number of H-pyrrole nitrogens is 1. The van der Waals surface area contributed by atoms with E-state index in [-0.39, 0.29) is 11.3 Å². The fraction of sp³-hybridized carbons (Fsp3) is 0.545. The highest BCUT2D eigenvalue weighted by Crippen LogP contribution is 2.35. The normalized spacial score (nSPS) is 10.9. The number of hydrogen-bond donors (Lipinski definition) is 3. The monoisotopic (exact) mass is 404 g/mol. The van der Waals surface area contributed by atoms with Gasteiger partial charge in [-0.2, -0.15) is 0 Å². The van der Waals surface area contributed by atoms with E-state index in [4.69, 9.17) is 9.47 Å². The number of fused-ring (bicyclic) bond motifs is 1. The molecule has 0 aliphatic carbocycles. The number of unbranched alkanes of at least 4 members (excludes halogenated alkanes) is 7. The Morgan fingerprint density at radius 1 is 1.00 bits per heavy atom. The van der Waals surface area contributed by atoms with Gasteiger partial charge in [0.25, 0.3) is 11.5 Å². The molecule has 0 saturated carbocycles. The zero-order valence-corrected chi connectivity index (χ0v) is 17.6. The number of carbonyl (C=O) groups excluding carboxylic acids is 1. The third-order valence-corrected chi connectivity index (χ3v) is 5.03. The van der Waals surface area contributed by atoms with Gasteiger partial charge in [0, 0.05) is 18.0 Å². The van der Waals surface area contributed by atoms with Crippen molar-refractivity contribution in [1.29, 1.82) is 0 Å². The summed E-state index contributed by atoms with van der Waals surface area (Å²) >= 11 is 0. The lowest BCUT2D eigenvalue weighted by molar-refractivity contribution is 0.0949. The van der Waals surface area contributed by atoms with Gasteiger partial charge in [-0.05, 0) is 12.5 Å². The highest BCUT2D eigenvalue weighted by atomic mass is 16.5. The molecule has 1 aromatic carbocycles. The molecule has 0 aliphatic rings. The van der Waals surface area contributed by atoms with Crippen molar-refractivity contribution in [3.63, 3.8) is 0 Å². The summed E-state index contributed by atoms with van der Waals surface area (Å²) in [7, 11) is 2.96. The van der Waals surface area contributed by atoms with Crippen molar-refractivity contribution < 1.29 is 19.4 Å². The molecule has 0 saturated heterocycles. The van der Waals surface area contributed by atoms with Crippen molar-refractivity contribution in [3.05, 3.63) is 28.0 Å². The number of rotatable bonds is 12. The maximum absolute atomic E-state index is 12.5. The Morgan fingerprint density at radius 3 is 2.21 bits per heavy atom. The minimum Gasteiger partial charge on any atom is -0.506 e. The number of amides is 1. The topological polar surface area (TPSA) is 101 Å². The van der Waals surface area contributed by atoms with E-state index >= 15 is 0 Å². The van der Waals surface area contributed by atoms with Crippen LogP contribution in [0.5, 0.6) is 17.2 Å². The standard InChI is InChI=1S/C22H32N2O5/c1-4-5-6-7-8-9-10-11-12-23-21(26)19-20(25)15-13-17(28-2)18(29-3)14-16(15)24-22(19)27/h13-14H,4-12H2,1-3H3,(H,23,26)(H2,24,25,27). The summed E-state index contributed by atoms with van der Waals surface area (Å²) in [5.74, 6) is -0.129. The van der Waals surface area contributed by atoms with Crippen LogP contribution in [0.1, 0.15) is 68.6 Å². The molecule has 160 valence electrons. The Balaban J connectivity index is 1.99. The van der Waals surface area contributed by atoms with Crippen molar-refractivity contribution in [1.82, 2.24) is 10.3 Å². The first-order valence-corrected chi connectivity index (χ1v) is 10.3. The van der Waals surface area contributed by atoms with Crippen LogP contribution in [0, 0.1) is 0 Å². The van der Waals surface area contributed by atoms with Gasteiger partial charge in [-0.25, -0.2) is 0 Å². The molecular weight excluding hydrogens is 372 g/mol. The molecule has 3 N–H and O–H groups in total. The molecule has 7 heteroatoms. The summed E-state index contributed by atoms with van der Waals surface area (Å²) in [5.41, 5.74) is -0.565. The maximum atomic E-state index is 12.5. The van der Waals surface area contributed by atoms with Crippen LogP contribution in [0.3, 0.4) is 0 Å². The molecular formula is C22H32N2O5. The average molecular weight is 405 g/mol. The zero-order chi connectivity index (χ0) is 21.2. The van der Waals surface area contributed by atoms with Crippen LogP contribution in [0.2, 0.25) is 0 Å². The molecule has 0 atom stereocenters. The van der Waals surface area contributed by atoms with Crippen molar-refractivity contribution >= 4 is 16.8 Å². The van der Waals surface area contributed by atoms with Crippen LogP contribution in [0.15, 0.2) is 16.9 Å². The predicted octanol–water partition coefficient (Wildman–Crippen LogP) is 4.12. The lowest BCUT2D eigenvalue weighted by Gasteiger charge is -2.12. The highest BCUT2D eigenvalue weighted by Gasteiger charge is 2.20. The van der Waals surface area contributed by atoms with Gasteiger partial charge in [0.1, 0.15) is 11.3 Å². The van der Waals surface area contributed by atoms with E-state index in [2.05, 4.69) is 17.2 Å². The minimum absolute atomic E-state index is 0.288. The molecule has 2 rings (SSSR count). The first-order valence-electron chi connectivity index (χ1n) is 10.3. The maximum Gasteiger partial charge on any atom is 0.265 e. The molecule has 2 aromatic rings. The number of aromatic nitrogens is 1. The minimum atomic E-state index is -0.643. The van der Waals surface area contributed by atoms with Crippen LogP contribution in [0.25, 0.3) is 10.9 Å². The lowest BCUT2D eigenvalue weighted by Crippen LogP contribution is -2.30. The predicted molar refractivity (Wildman–Crippen MR) is 114 cm³/mol. The van der Waals surface area contributed by atoms with E-state index in [0.717, 1.165) is 19.3 Å². The highest BCUT2D eigenvalue weighted by molar-refractivity contribution is 6.02. The number of nitrogens with one attached hydrogen (secondary N) is 2. The second-order valence-electron chi connectivity index (χ2n) is 7.16. The number of benzene rings is 1. The smallest absolute Gasteiger partial charge is 0.265 e. The summed E-state index contributed by atoms with van der Waals surface area (Å²) in [4.78, 5) is 27.5. The Hall–Kier alpha value is -2.70. The average Bonchev–Trinajstić information content (AvgIpc) is 2.71. The molecule has 0 aliphatic heterocycles. The largest absolute Gasteiger partial charge is 0.506 e. The number of aromatic amines is 1. The molecule has 0 radical (unpaired) electrons. The fourth-order valence-electron chi connectivity index (χ4n) is 3.37. The van der Waals surface area contributed by atoms with E-state index in [1.807, 2.05) is 0 Å². The molecule has 0 spiro atoms. The van der Waals surface area contributed by atoms with E-state index in [0.29, 0.717) is 28.9 Å². The Bertz CT molecular complexity index is 876. The summed E-state index contributed by atoms with van der Waals surface area (Å²) < 4.78 is 10.4. The SMILES string of the molecule is CCCCCCCCCCNC(=O)c1c(O)c2cc(OC)c(OC)cc2[nH]c1=O. The Kier molecular flexibility index (Phi) is 8.83. The van der Waals surface area contributed by atoms with E-state index in [1.165, 1.54) is 52.4 Å². The number of pyridine rings is 1. The van der Waals surface area contributed by atoms with Crippen molar-refractivity contribution in [3.8, 4) is 17.2 Å². The second kappa shape index (κ2) is 11.3. The van der Waals surface area contributed by atoms with Gasteiger partial charge in [0.2, 0.25) is 0 Å². The van der Waals surface area contributed by atoms with Gasteiger partial charge in [0.05, 0.1) is 19.7 Å². The molecule has 0 fully saturated rings. The number of aromatic hydroxyl groups is 1. The number of methoxy groups -OCH3 is 2. The summed E-state index contributed by atoms with van der Waals surface area (Å²) in [5, 5.41) is 13.6. The van der Waals surface area contributed by atoms with Crippen LogP contribution in [-0.4, -0.2) is 36.8 Å². The molecule has 1 heterocycles. The molecule has 1 amide bonds. The van der Waals surface area contributed by atoms with E-state index in [1.54, 1.807) is 6.07 Å². The van der Waals surface area contributed by atoms with Gasteiger partial charge in [-0.15, -0.1) is 0 Å². The van der Waals surface area contributed by atoms with Crippen LogP contribution in [0.4, 0.5) is 0 Å². The van der Waals surface area contributed by atoms with Gasteiger partial charge >= 0.3 is 0 Å².